The van der Waals surface area contributed by atoms with Gasteiger partial charge in [-0.3, -0.25) is 0 Å². The van der Waals surface area contributed by atoms with Crippen LogP contribution < -0.4 is 0 Å². The molecule has 18 heavy (non-hydrogen) atoms. The van der Waals surface area contributed by atoms with E-state index in [0.29, 0.717) is 22.0 Å². The van der Waals surface area contributed by atoms with Crippen LogP contribution in [0, 0.1) is 5.92 Å². The molecule has 1 aromatic rings. The average Bonchev–Trinajstić information content (AvgIpc) is 2.95. The van der Waals surface area contributed by atoms with Gasteiger partial charge < -0.3 is 0 Å². The minimum absolute atomic E-state index is 0.0853. The Morgan fingerprint density at radius 1 is 1.50 bits per heavy atom. The molecule has 1 aliphatic rings. The van der Waals surface area contributed by atoms with Crippen LogP contribution in [0.5, 0.6) is 0 Å². The Morgan fingerprint density at radius 3 is 2.78 bits per heavy atom. The summed E-state index contributed by atoms with van der Waals surface area (Å²) in [4.78, 5) is 1.12. The van der Waals surface area contributed by atoms with Crippen LogP contribution in [0.3, 0.4) is 0 Å². The molecule has 0 aliphatic carbocycles. The van der Waals surface area contributed by atoms with Crippen molar-refractivity contribution in [2.45, 2.75) is 36.9 Å². The Kier molecular flexibility index (Phi) is 4.52. The van der Waals surface area contributed by atoms with Crippen molar-refractivity contribution in [3.05, 3.63) is 17.0 Å². The van der Waals surface area contributed by atoms with Crippen molar-refractivity contribution in [3.8, 4) is 0 Å². The van der Waals surface area contributed by atoms with Gasteiger partial charge in [-0.25, -0.2) is 8.42 Å². The van der Waals surface area contributed by atoms with E-state index < -0.39 is 10.0 Å². The van der Waals surface area contributed by atoms with Gasteiger partial charge in [-0.05, 0) is 30.9 Å². The lowest BCUT2D eigenvalue weighted by atomic mass is 10.1. The largest absolute Gasteiger partial charge is 0.252 e. The third-order valence-corrected chi connectivity index (χ3v) is 7.82. The SMILES string of the molecule is CCc1ccc(S(=O)(=O)N2CCC(C)C2CBr)s1. The topological polar surface area (TPSA) is 37.4 Å². The molecule has 6 heteroatoms. The summed E-state index contributed by atoms with van der Waals surface area (Å²) in [6, 6.07) is 3.75. The lowest BCUT2D eigenvalue weighted by Gasteiger charge is -2.23. The van der Waals surface area contributed by atoms with E-state index in [9.17, 15) is 8.42 Å². The Hall–Kier alpha value is 0.0900. The van der Waals surface area contributed by atoms with Crippen molar-refractivity contribution in [1.82, 2.24) is 4.31 Å². The lowest BCUT2D eigenvalue weighted by molar-refractivity contribution is 0.379. The molecule has 1 saturated heterocycles. The van der Waals surface area contributed by atoms with E-state index in [1.807, 2.05) is 13.0 Å². The summed E-state index contributed by atoms with van der Waals surface area (Å²) in [7, 11) is -3.30. The van der Waals surface area contributed by atoms with Crippen molar-refractivity contribution in [2.24, 2.45) is 5.92 Å². The summed E-state index contributed by atoms with van der Waals surface area (Å²) in [6.45, 7) is 4.80. The van der Waals surface area contributed by atoms with Crippen molar-refractivity contribution in [3.63, 3.8) is 0 Å². The van der Waals surface area contributed by atoms with Gasteiger partial charge in [0.1, 0.15) is 4.21 Å². The van der Waals surface area contributed by atoms with Crippen LogP contribution in [-0.2, 0) is 16.4 Å². The molecule has 0 amide bonds. The standard InChI is InChI=1S/C12H18BrNO2S2/c1-3-10-4-5-12(17-10)18(15,16)14-7-6-9(2)11(14)8-13/h4-5,9,11H,3,6-8H2,1-2H3. The van der Waals surface area contributed by atoms with Crippen LogP contribution in [0.15, 0.2) is 16.3 Å². The smallest absolute Gasteiger partial charge is 0.206 e. The monoisotopic (exact) mass is 351 g/mol. The number of thiophene rings is 1. The van der Waals surface area contributed by atoms with Crippen LogP contribution >= 0.6 is 27.3 Å². The first kappa shape index (κ1) is 14.5. The van der Waals surface area contributed by atoms with Crippen molar-refractivity contribution >= 4 is 37.3 Å². The van der Waals surface area contributed by atoms with Gasteiger partial charge in [-0.15, -0.1) is 11.3 Å². The molecular weight excluding hydrogens is 334 g/mol. The fourth-order valence-electron chi connectivity index (χ4n) is 2.30. The highest BCUT2D eigenvalue weighted by atomic mass is 79.9. The van der Waals surface area contributed by atoms with E-state index in [2.05, 4.69) is 22.9 Å². The Morgan fingerprint density at radius 2 is 2.22 bits per heavy atom. The molecule has 0 spiro atoms. The predicted octanol–water partition coefficient (Wildman–Crippen LogP) is 3.10. The summed E-state index contributed by atoms with van der Waals surface area (Å²) in [5.74, 6) is 0.421. The van der Waals surface area contributed by atoms with Crippen molar-refractivity contribution in [2.75, 3.05) is 11.9 Å². The first-order chi connectivity index (χ1) is 8.50. The van der Waals surface area contributed by atoms with E-state index >= 15 is 0 Å². The maximum atomic E-state index is 12.6. The molecule has 3 nitrogen and oxygen atoms in total. The maximum Gasteiger partial charge on any atom is 0.252 e. The summed E-state index contributed by atoms with van der Waals surface area (Å²) in [6.07, 6.45) is 1.83. The number of aryl methyl sites for hydroxylation is 1. The highest BCUT2D eigenvalue weighted by Gasteiger charge is 2.39. The van der Waals surface area contributed by atoms with E-state index in [-0.39, 0.29) is 6.04 Å². The van der Waals surface area contributed by atoms with Crippen molar-refractivity contribution in [1.29, 1.82) is 0 Å². The number of alkyl halides is 1. The molecule has 0 aromatic carbocycles. The molecule has 102 valence electrons. The molecule has 1 fully saturated rings. The Balaban J connectivity index is 2.31. The normalized spacial score (nSPS) is 25.7. The molecule has 0 saturated carbocycles. The van der Waals surface area contributed by atoms with Gasteiger partial charge in [0.05, 0.1) is 0 Å². The fourth-order valence-corrected chi connectivity index (χ4v) is 6.64. The summed E-state index contributed by atoms with van der Waals surface area (Å²) >= 11 is 4.83. The predicted molar refractivity (Wildman–Crippen MR) is 79.0 cm³/mol. The summed E-state index contributed by atoms with van der Waals surface area (Å²) in [5.41, 5.74) is 0. The third kappa shape index (κ3) is 2.53. The first-order valence-electron chi connectivity index (χ1n) is 6.17. The third-order valence-electron chi connectivity index (χ3n) is 3.54. The van der Waals surface area contributed by atoms with E-state index in [4.69, 9.17) is 0 Å². The zero-order valence-electron chi connectivity index (χ0n) is 10.6. The van der Waals surface area contributed by atoms with Crippen LogP contribution in [0.25, 0.3) is 0 Å². The number of nitrogens with zero attached hydrogens (tertiary/aromatic N) is 1. The molecule has 1 aliphatic heterocycles. The number of hydrogen-bond donors (Lipinski definition) is 0. The van der Waals surface area contributed by atoms with E-state index in [1.54, 1.807) is 10.4 Å². The maximum absolute atomic E-state index is 12.6. The van der Waals surface area contributed by atoms with Gasteiger partial charge in [-0.2, -0.15) is 4.31 Å². The number of hydrogen-bond acceptors (Lipinski definition) is 3. The minimum atomic E-state index is -3.30. The summed E-state index contributed by atoms with van der Waals surface area (Å²) < 4.78 is 27.3. The highest BCUT2D eigenvalue weighted by Crippen LogP contribution is 2.33. The average molecular weight is 352 g/mol. The molecule has 2 rings (SSSR count). The van der Waals surface area contributed by atoms with Gasteiger partial charge >= 0.3 is 0 Å². The van der Waals surface area contributed by atoms with Crippen LogP contribution in [-0.4, -0.2) is 30.6 Å². The zero-order chi connectivity index (χ0) is 13.3. The molecule has 0 N–H and O–H groups in total. The number of halogens is 1. The Labute approximate surface area is 121 Å². The second-order valence-electron chi connectivity index (χ2n) is 4.68. The minimum Gasteiger partial charge on any atom is -0.206 e. The van der Waals surface area contributed by atoms with E-state index in [1.165, 1.54) is 11.3 Å². The second-order valence-corrected chi connectivity index (χ2v) is 8.61. The quantitative estimate of drug-likeness (QED) is 0.781. The molecule has 1 aromatic heterocycles. The van der Waals surface area contributed by atoms with Gasteiger partial charge in [0.2, 0.25) is 0 Å². The molecule has 0 bridgehead atoms. The van der Waals surface area contributed by atoms with Crippen LogP contribution in [0.2, 0.25) is 0 Å². The Bertz CT molecular complexity index is 512. The summed E-state index contributed by atoms with van der Waals surface area (Å²) in [5, 5.41) is 0.708. The lowest BCUT2D eigenvalue weighted by Crippen LogP contribution is -2.38. The molecule has 2 atom stereocenters. The molecule has 0 radical (unpaired) electrons. The van der Waals surface area contributed by atoms with Gasteiger partial charge in [-0.1, -0.05) is 29.8 Å². The number of rotatable bonds is 4. The van der Waals surface area contributed by atoms with Gasteiger partial charge in [0, 0.05) is 22.8 Å². The fraction of sp³-hybridized carbons (Fsp3) is 0.667. The molecule has 2 heterocycles. The first-order valence-corrected chi connectivity index (χ1v) is 9.55. The van der Waals surface area contributed by atoms with Crippen molar-refractivity contribution < 1.29 is 8.42 Å². The number of sulfonamides is 1. The van der Waals surface area contributed by atoms with Crippen LogP contribution in [0.4, 0.5) is 0 Å². The second kappa shape index (κ2) is 5.61. The highest BCUT2D eigenvalue weighted by molar-refractivity contribution is 9.09. The van der Waals surface area contributed by atoms with Gasteiger partial charge in [0.25, 0.3) is 10.0 Å². The van der Waals surface area contributed by atoms with Gasteiger partial charge in [0.15, 0.2) is 0 Å². The zero-order valence-corrected chi connectivity index (χ0v) is 13.8. The molecule has 2 unspecified atom stereocenters. The van der Waals surface area contributed by atoms with Crippen LogP contribution in [0.1, 0.15) is 25.1 Å². The van der Waals surface area contributed by atoms with E-state index in [0.717, 1.165) is 17.7 Å². The molecular formula is C12H18BrNO2S2.